The van der Waals surface area contributed by atoms with Crippen LogP contribution in [0.15, 0.2) is 53.4 Å². The second kappa shape index (κ2) is 7.65. The molecule has 8 heteroatoms. The van der Waals surface area contributed by atoms with Crippen LogP contribution in [0.4, 0.5) is 17.6 Å². The van der Waals surface area contributed by atoms with E-state index in [0.717, 1.165) is 6.08 Å². The lowest BCUT2D eigenvalue weighted by Crippen LogP contribution is -2.11. The molecule has 0 aromatic heterocycles. The summed E-state index contributed by atoms with van der Waals surface area (Å²) >= 11 is 5.83. The van der Waals surface area contributed by atoms with Crippen molar-refractivity contribution in [1.82, 2.24) is 0 Å². The lowest BCUT2D eigenvalue weighted by Gasteiger charge is -2.10. The fourth-order valence-electron chi connectivity index (χ4n) is 2.14. The molecule has 0 bridgehead atoms. The maximum absolute atomic E-state index is 13.7. The van der Waals surface area contributed by atoms with E-state index < -0.39 is 29.8 Å². The van der Waals surface area contributed by atoms with Crippen molar-refractivity contribution in [2.24, 2.45) is 0 Å². The molecule has 1 aliphatic rings. The van der Waals surface area contributed by atoms with E-state index in [0.29, 0.717) is 18.4 Å². The normalized spacial score (nSPS) is 14.8. The van der Waals surface area contributed by atoms with Crippen LogP contribution in [-0.4, -0.2) is 24.9 Å². The number of hydrogen-bond donors (Lipinski definition) is 0. The molecular formula is C17H11ClF4O3. The standard InChI is InChI=1S/C17H11ClF4O3/c18-12-3-4-15(25-6-5-23)14(9-12)16(24)10-1-2-11(17(20,21)22)8-13(19)7-10/h1,3-5,7-9H,2,6H2. The lowest BCUT2D eigenvalue weighted by molar-refractivity contribution is -0.109. The molecule has 132 valence electrons. The zero-order valence-electron chi connectivity index (χ0n) is 12.6. The zero-order chi connectivity index (χ0) is 18.6. The van der Waals surface area contributed by atoms with Gasteiger partial charge in [0.1, 0.15) is 18.2 Å². The fraction of sp³-hybridized carbons (Fsp3) is 0.176. The molecule has 0 atom stereocenters. The number of halogens is 5. The van der Waals surface area contributed by atoms with Gasteiger partial charge in [0.05, 0.1) is 5.56 Å². The summed E-state index contributed by atoms with van der Waals surface area (Å²) in [6.07, 6.45) is -2.84. The summed E-state index contributed by atoms with van der Waals surface area (Å²) < 4.78 is 57.1. The number of carbonyl (C=O) groups excluding carboxylic acids is 2. The molecule has 1 aliphatic carbocycles. The molecular weight excluding hydrogens is 364 g/mol. The third-order valence-corrected chi connectivity index (χ3v) is 3.50. The summed E-state index contributed by atoms with van der Waals surface area (Å²) in [5.74, 6) is -1.94. The van der Waals surface area contributed by atoms with Gasteiger partial charge in [-0.2, -0.15) is 13.2 Å². The number of ether oxygens (including phenoxy) is 1. The van der Waals surface area contributed by atoms with Crippen LogP contribution < -0.4 is 4.74 Å². The van der Waals surface area contributed by atoms with Crippen LogP contribution in [0.1, 0.15) is 16.8 Å². The molecule has 0 amide bonds. The second-order valence-corrected chi connectivity index (χ2v) is 5.44. The maximum Gasteiger partial charge on any atom is 0.413 e. The van der Waals surface area contributed by atoms with E-state index in [1.165, 1.54) is 18.2 Å². The van der Waals surface area contributed by atoms with Gasteiger partial charge < -0.3 is 4.74 Å². The first kappa shape index (κ1) is 18.9. The van der Waals surface area contributed by atoms with E-state index in [-0.39, 0.29) is 28.5 Å². The second-order valence-electron chi connectivity index (χ2n) is 5.01. The molecule has 0 unspecified atom stereocenters. The van der Waals surface area contributed by atoms with Gasteiger partial charge >= 0.3 is 6.18 Å². The summed E-state index contributed by atoms with van der Waals surface area (Å²) in [5, 5.41) is 0.176. The van der Waals surface area contributed by atoms with E-state index in [4.69, 9.17) is 16.3 Å². The maximum atomic E-state index is 13.7. The van der Waals surface area contributed by atoms with Crippen LogP contribution in [0, 0.1) is 0 Å². The van der Waals surface area contributed by atoms with Crippen LogP contribution in [0.3, 0.4) is 0 Å². The summed E-state index contributed by atoms with van der Waals surface area (Å²) in [6, 6.07) is 4.00. The van der Waals surface area contributed by atoms with Crippen molar-refractivity contribution in [3.63, 3.8) is 0 Å². The van der Waals surface area contributed by atoms with E-state index in [2.05, 4.69) is 0 Å². The molecule has 1 aromatic carbocycles. The Hall–Kier alpha value is -2.41. The highest BCUT2D eigenvalue weighted by atomic mass is 35.5. The lowest BCUT2D eigenvalue weighted by atomic mass is 10.0. The molecule has 25 heavy (non-hydrogen) atoms. The Morgan fingerprint density at radius 2 is 2.00 bits per heavy atom. The zero-order valence-corrected chi connectivity index (χ0v) is 13.3. The van der Waals surface area contributed by atoms with Crippen molar-refractivity contribution < 1.29 is 31.9 Å². The number of ketones is 1. The highest BCUT2D eigenvalue weighted by Crippen LogP contribution is 2.33. The number of benzene rings is 1. The molecule has 0 saturated heterocycles. The Labute approximate surface area is 145 Å². The van der Waals surface area contributed by atoms with Gasteiger partial charge in [-0.05, 0) is 36.8 Å². The summed E-state index contributed by atoms with van der Waals surface area (Å²) in [4.78, 5) is 23.0. The SMILES string of the molecule is O=CCOc1ccc(Cl)cc1C(=O)C1=CCC(C(F)(F)F)=CC(F)=C1. The predicted octanol–water partition coefficient (Wildman–Crippen LogP) is 4.77. The van der Waals surface area contributed by atoms with Crippen molar-refractivity contribution in [1.29, 1.82) is 0 Å². The number of Topliss-reactive ketones (excluding diaryl/α,β-unsaturated/α-hetero) is 1. The van der Waals surface area contributed by atoms with Crippen molar-refractivity contribution in [3.05, 3.63) is 64.0 Å². The Bertz CT molecular complexity index is 792. The van der Waals surface area contributed by atoms with Crippen LogP contribution >= 0.6 is 11.6 Å². The van der Waals surface area contributed by atoms with Crippen molar-refractivity contribution in [2.45, 2.75) is 12.6 Å². The highest BCUT2D eigenvalue weighted by molar-refractivity contribution is 6.31. The van der Waals surface area contributed by atoms with Gasteiger partial charge in [0.15, 0.2) is 12.1 Å². The number of rotatable bonds is 5. The number of allylic oxidation sites excluding steroid dienone is 6. The van der Waals surface area contributed by atoms with Gasteiger partial charge in [-0.15, -0.1) is 0 Å². The third-order valence-electron chi connectivity index (χ3n) is 3.27. The monoisotopic (exact) mass is 374 g/mol. The highest BCUT2D eigenvalue weighted by Gasteiger charge is 2.34. The number of carbonyl (C=O) groups is 2. The van der Waals surface area contributed by atoms with Gasteiger partial charge in [-0.25, -0.2) is 4.39 Å². The average molecular weight is 375 g/mol. The first-order valence-corrected chi connectivity index (χ1v) is 7.36. The van der Waals surface area contributed by atoms with Gasteiger partial charge in [0.2, 0.25) is 0 Å². The minimum Gasteiger partial charge on any atom is -0.485 e. The van der Waals surface area contributed by atoms with Gasteiger partial charge in [-0.3, -0.25) is 9.59 Å². The Morgan fingerprint density at radius 3 is 2.64 bits per heavy atom. The Balaban J connectivity index is 2.39. The van der Waals surface area contributed by atoms with E-state index >= 15 is 0 Å². The molecule has 0 spiro atoms. The van der Waals surface area contributed by atoms with E-state index in [1.807, 2.05) is 0 Å². The van der Waals surface area contributed by atoms with Crippen LogP contribution in [0.25, 0.3) is 0 Å². The van der Waals surface area contributed by atoms with Crippen molar-refractivity contribution >= 4 is 23.7 Å². The quantitative estimate of drug-likeness (QED) is 0.423. The van der Waals surface area contributed by atoms with Crippen LogP contribution in [0.5, 0.6) is 5.75 Å². The topological polar surface area (TPSA) is 43.4 Å². The molecule has 0 N–H and O–H groups in total. The predicted molar refractivity (Wildman–Crippen MR) is 83.4 cm³/mol. The van der Waals surface area contributed by atoms with Crippen molar-refractivity contribution in [2.75, 3.05) is 6.61 Å². The molecule has 0 saturated carbocycles. The third kappa shape index (κ3) is 4.79. The number of hydrogen-bond acceptors (Lipinski definition) is 3. The minimum absolute atomic E-state index is 0.0180. The van der Waals surface area contributed by atoms with E-state index in [9.17, 15) is 27.2 Å². The molecule has 2 rings (SSSR count). The first-order valence-electron chi connectivity index (χ1n) is 6.98. The first-order chi connectivity index (χ1) is 11.7. The van der Waals surface area contributed by atoms with Crippen LogP contribution in [0.2, 0.25) is 5.02 Å². The van der Waals surface area contributed by atoms with Crippen LogP contribution in [-0.2, 0) is 4.79 Å². The average Bonchev–Trinajstić information content (AvgIpc) is 2.74. The summed E-state index contributed by atoms with van der Waals surface area (Å²) in [7, 11) is 0. The molecule has 0 heterocycles. The molecule has 0 aliphatic heterocycles. The van der Waals surface area contributed by atoms with E-state index in [1.54, 1.807) is 0 Å². The minimum atomic E-state index is -4.70. The Morgan fingerprint density at radius 1 is 1.28 bits per heavy atom. The van der Waals surface area contributed by atoms with Gasteiger partial charge in [0, 0.05) is 16.2 Å². The fourth-order valence-corrected chi connectivity index (χ4v) is 2.31. The molecule has 0 fully saturated rings. The smallest absolute Gasteiger partial charge is 0.413 e. The number of alkyl halides is 3. The summed E-state index contributed by atoms with van der Waals surface area (Å²) in [6.45, 7) is -0.328. The number of aldehydes is 1. The van der Waals surface area contributed by atoms with Gasteiger partial charge in [0.25, 0.3) is 0 Å². The molecule has 1 aromatic rings. The largest absolute Gasteiger partial charge is 0.485 e. The Kier molecular flexibility index (Phi) is 5.79. The van der Waals surface area contributed by atoms with Gasteiger partial charge in [-0.1, -0.05) is 17.7 Å². The molecule has 3 nitrogen and oxygen atoms in total. The summed E-state index contributed by atoms with van der Waals surface area (Å²) in [5.41, 5.74) is -1.46. The van der Waals surface area contributed by atoms with Crippen molar-refractivity contribution in [3.8, 4) is 5.75 Å². The molecule has 0 radical (unpaired) electrons.